The Kier molecular flexibility index (Phi) is 2.86. The highest BCUT2D eigenvalue weighted by Gasteiger charge is 2.48. The molecule has 2 nitrogen and oxygen atoms in total. The van der Waals surface area contributed by atoms with Gasteiger partial charge in [0.2, 0.25) is 0 Å². The molecule has 1 heterocycles. The van der Waals surface area contributed by atoms with E-state index in [0.717, 1.165) is 39.0 Å². The van der Waals surface area contributed by atoms with Crippen LogP contribution in [0.3, 0.4) is 0 Å². The Bertz CT molecular complexity index is 254. The molecule has 86 valence electrons. The van der Waals surface area contributed by atoms with E-state index in [4.69, 9.17) is 0 Å². The highest BCUT2D eigenvalue weighted by Crippen LogP contribution is 2.47. The summed E-state index contributed by atoms with van der Waals surface area (Å²) >= 11 is 0. The highest BCUT2D eigenvalue weighted by atomic mass is 19.1. The average molecular weight is 212 g/mol. The molecule has 0 spiro atoms. The number of likely N-dealkylation sites (N-methyl/N-ethyl adjacent to an activating group) is 1. The van der Waals surface area contributed by atoms with Gasteiger partial charge in [-0.3, -0.25) is 4.90 Å². The normalized spacial score (nSPS) is 28.7. The van der Waals surface area contributed by atoms with Crippen LogP contribution >= 0.6 is 0 Å². The van der Waals surface area contributed by atoms with Crippen LogP contribution in [0, 0.1) is 5.92 Å². The molecular formula is C12H21FN2. The topological polar surface area (TPSA) is 6.48 Å². The fourth-order valence-corrected chi connectivity index (χ4v) is 2.57. The zero-order valence-corrected chi connectivity index (χ0v) is 9.80. The van der Waals surface area contributed by atoms with Gasteiger partial charge in [-0.25, -0.2) is 4.39 Å². The molecule has 1 aliphatic heterocycles. The zero-order valence-electron chi connectivity index (χ0n) is 9.80. The van der Waals surface area contributed by atoms with Crippen molar-refractivity contribution in [2.45, 2.75) is 25.3 Å². The predicted octanol–water partition coefficient (Wildman–Crippen LogP) is 1.89. The Morgan fingerprint density at radius 1 is 1.27 bits per heavy atom. The molecule has 1 atom stereocenters. The lowest BCUT2D eigenvalue weighted by Gasteiger charge is -2.44. The number of rotatable bonds is 3. The SMILES string of the molecule is C=C(F)C(C)(C1CC1)N1CCN(C)CC1. The molecule has 1 saturated carbocycles. The van der Waals surface area contributed by atoms with Crippen molar-refractivity contribution in [1.29, 1.82) is 0 Å². The van der Waals surface area contributed by atoms with Gasteiger partial charge in [0.25, 0.3) is 0 Å². The minimum absolute atomic E-state index is 0.144. The standard InChI is InChI=1S/C12H21FN2/c1-10(13)12(2,11-4-5-11)15-8-6-14(3)7-9-15/h11H,1,4-9H2,2-3H3. The summed E-state index contributed by atoms with van der Waals surface area (Å²) in [6.45, 7) is 9.59. The highest BCUT2D eigenvalue weighted by molar-refractivity contribution is 5.16. The fourth-order valence-electron chi connectivity index (χ4n) is 2.57. The summed E-state index contributed by atoms with van der Waals surface area (Å²) in [5.74, 6) is 0.355. The summed E-state index contributed by atoms with van der Waals surface area (Å²) in [6, 6.07) is 0. The van der Waals surface area contributed by atoms with E-state index < -0.39 is 0 Å². The lowest BCUT2D eigenvalue weighted by atomic mass is 9.91. The molecule has 1 unspecified atom stereocenters. The van der Waals surface area contributed by atoms with E-state index in [9.17, 15) is 4.39 Å². The largest absolute Gasteiger partial charge is 0.304 e. The van der Waals surface area contributed by atoms with Crippen LogP contribution in [0.4, 0.5) is 4.39 Å². The molecule has 2 aliphatic rings. The Morgan fingerprint density at radius 2 is 1.80 bits per heavy atom. The van der Waals surface area contributed by atoms with Gasteiger partial charge < -0.3 is 4.90 Å². The van der Waals surface area contributed by atoms with Crippen molar-refractivity contribution < 1.29 is 4.39 Å². The number of piperazine rings is 1. The van der Waals surface area contributed by atoms with Crippen LogP contribution in [-0.2, 0) is 0 Å². The van der Waals surface area contributed by atoms with E-state index in [1.165, 1.54) is 0 Å². The van der Waals surface area contributed by atoms with E-state index in [2.05, 4.69) is 23.4 Å². The number of hydrogen-bond acceptors (Lipinski definition) is 2. The maximum Gasteiger partial charge on any atom is 0.113 e. The summed E-state index contributed by atoms with van der Waals surface area (Å²) in [6.07, 6.45) is 2.32. The predicted molar refractivity (Wildman–Crippen MR) is 60.4 cm³/mol. The summed E-state index contributed by atoms with van der Waals surface area (Å²) in [4.78, 5) is 4.58. The maximum absolute atomic E-state index is 13.7. The molecule has 15 heavy (non-hydrogen) atoms. The molecule has 0 aromatic rings. The van der Waals surface area contributed by atoms with Crippen molar-refractivity contribution in [1.82, 2.24) is 9.80 Å². The lowest BCUT2D eigenvalue weighted by molar-refractivity contribution is 0.0459. The Balaban J connectivity index is 2.08. The quantitative estimate of drug-likeness (QED) is 0.705. The summed E-state index contributed by atoms with van der Waals surface area (Å²) in [5.41, 5.74) is -0.388. The Hall–Kier alpha value is -0.410. The number of nitrogens with zero attached hydrogens (tertiary/aromatic N) is 2. The lowest BCUT2D eigenvalue weighted by Crippen LogP contribution is -2.56. The molecule has 0 amide bonds. The third kappa shape index (κ3) is 1.95. The molecule has 1 aliphatic carbocycles. The molecule has 0 N–H and O–H groups in total. The van der Waals surface area contributed by atoms with Gasteiger partial charge in [0.1, 0.15) is 5.83 Å². The molecule has 2 rings (SSSR count). The first-order valence-electron chi connectivity index (χ1n) is 5.83. The second-order valence-electron chi connectivity index (χ2n) is 5.12. The summed E-state index contributed by atoms with van der Waals surface area (Å²) < 4.78 is 13.7. The van der Waals surface area contributed by atoms with E-state index >= 15 is 0 Å². The van der Waals surface area contributed by atoms with E-state index in [1.807, 2.05) is 6.92 Å². The van der Waals surface area contributed by atoms with Crippen LogP contribution in [0.25, 0.3) is 0 Å². The molecular weight excluding hydrogens is 191 g/mol. The molecule has 0 aromatic heterocycles. The van der Waals surface area contributed by atoms with Crippen molar-refractivity contribution in [3.8, 4) is 0 Å². The smallest absolute Gasteiger partial charge is 0.113 e. The number of halogens is 1. The van der Waals surface area contributed by atoms with Crippen LogP contribution < -0.4 is 0 Å². The van der Waals surface area contributed by atoms with Crippen LogP contribution in [0.5, 0.6) is 0 Å². The first-order chi connectivity index (χ1) is 7.05. The van der Waals surface area contributed by atoms with Gasteiger partial charge in [0, 0.05) is 26.2 Å². The molecule has 0 radical (unpaired) electrons. The number of hydrogen-bond donors (Lipinski definition) is 0. The van der Waals surface area contributed by atoms with Gasteiger partial charge in [0.15, 0.2) is 0 Å². The van der Waals surface area contributed by atoms with Crippen LogP contribution in [0.2, 0.25) is 0 Å². The maximum atomic E-state index is 13.7. The molecule has 0 bridgehead atoms. The van der Waals surface area contributed by atoms with Gasteiger partial charge in [-0.1, -0.05) is 6.58 Å². The molecule has 3 heteroatoms. The van der Waals surface area contributed by atoms with Crippen LogP contribution in [0.15, 0.2) is 12.4 Å². The van der Waals surface area contributed by atoms with Crippen LogP contribution in [0.1, 0.15) is 19.8 Å². The van der Waals surface area contributed by atoms with Crippen molar-refractivity contribution in [2.75, 3.05) is 33.2 Å². The van der Waals surface area contributed by atoms with Gasteiger partial charge >= 0.3 is 0 Å². The van der Waals surface area contributed by atoms with Crippen LogP contribution in [-0.4, -0.2) is 48.6 Å². The van der Waals surface area contributed by atoms with Gasteiger partial charge in [-0.2, -0.15) is 0 Å². The van der Waals surface area contributed by atoms with Gasteiger partial charge in [-0.05, 0) is 32.7 Å². The second kappa shape index (κ2) is 3.87. The first-order valence-corrected chi connectivity index (χ1v) is 5.83. The minimum atomic E-state index is -0.388. The van der Waals surface area contributed by atoms with E-state index in [1.54, 1.807) is 0 Å². The van der Waals surface area contributed by atoms with Gasteiger partial charge in [-0.15, -0.1) is 0 Å². The average Bonchev–Trinajstić information content (AvgIpc) is 3.00. The zero-order chi connectivity index (χ0) is 11.1. The van der Waals surface area contributed by atoms with Crippen molar-refractivity contribution in [2.24, 2.45) is 5.92 Å². The van der Waals surface area contributed by atoms with E-state index in [-0.39, 0.29) is 11.4 Å². The monoisotopic (exact) mass is 212 g/mol. The Labute approximate surface area is 91.7 Å². The van der Waals surface area contributed by atoms with Crippen molar-refractivity contribution in [3.05, 3.63) is 12.4 Å². The third-order valence-electron chi connectivity index (χ3n) is 4.08. The molecule has 2 fully saturated rings. The summed E-state index contributed by atoms with van der Waals surface area (Å²) in [7, 11) is 2.12. The van der Waals surface area contributed by atoms with E-state index in [0.29, 0.717) is 5.92 Å². The minimum Gasteiger partial charge on any atom is -0.304 e. The second-order valence-corrected chi connectivity index (χ2v) is 5.12. The molecule has 1 saturated heterocycles. The molecule has 0 aromatic carbocycles. The fraction of sp³-hybridized carbons (Fsp3) is 0.833. The third-order valence-corrected chi connectivity index (χ3v) is 4.08. The Morgan fingerprint density at radius 3 is 2.20 bits per heavy atom. The van der Waals surface area contributed by atoms with Crippen molar-refractivity contribution >= 4 is 0 Å². The first kappa shape index (κ1) is 11.1. The van der Waals surface area contributed by atoms with Crippen molar-refractivity contribution in [3.63, 3.8) is 0 Å². The van der Waals surface area contributed by atoms with Gasteiger partial charge in [0.05, 0.1) is 5.54 Å². The summed E-state index contributed by atoms with van der Waals surface area (Å²) in [5, 5.41) is 0.